The number of aryl methyl sites for hydroxylation is 1. The maximum Gasteiger partial charge on any atom is 0.270 e. The topological polar surface area (TPSA) is 98.8 Å². The predicted octanol–water partition coefficient (Wildman–Crippen LogP) is 1.34. The molecule has 2 aromatic carbocycles. The molecule has 1 fully saturated rings. The molecule has 0 radical (unpaired) electrons. The normalized spacial score (nSPS) is 16.6. The minimum atomic E-state index is -1.33. The van der Waals surface area contributed by atoms with Crippen LogP contribution in [0.4, 0.5) is 5.69 Å². The molecule has 0 unspecified atom stereocenters. The number of carbonyl (C=O) groups excluding carboxylic acids is 3. The minimum absolute atomic E-state index is 0.0199. The summed E-state index contributed by atoms with van der Waals surface area (Å²) in [6.07, 6.45) is 0.338. The van der Waals surface area contributed by atoms with E-state index in [0.717, 1.165) is 5.56 Å². The molecule has 1 heterocycles. The molecule has 2 aromatic rings. The second kappa shape index (κ2) is 8.24. The van der Waals surface area contributed by atoms with E-state index in [2.05, 4.69) is 5.32 Å². The summed E-state index contributed by atoms with van der Waals surface area (Å²) in [5.74, 6) is -2.12. The number of hydrogen-bond donors (Lipinski definition) is 1. The van der Waals surface area contributed by atoms with Crippen molar-refractivity contribution in [2.24, 2.45) is 0 Å². The average Bonchev–Trinajstić information content (AvgIpc) is 2.67. The van der Waals surface area contributed by atoms with Gasteiger partial charge < -0.3 is 14.6 Å². The molecular formula is C21H17N2O5S-. The minimum Gasteiger partial charge on any atom is -0.546 e. The quantitative estimate of drug-likeness (QED) is 0.455. The molecule has 0 aliphatic carbocycles. The molecule has 7 nitrogen and oxygen atoms in total. The smallest absolute Gasteiger partial charge is 0.270 e. The Morgan fingerprint density at radius 1 is 1.17 bits per heavy atom. The van der Waals surface area contributed by atoms with Crippen LogP contribution in [0.3, 0.4) is 0 Å². The number of hydrogen-bond acceptors (Lipinski definition) is 6. The van der Waals surface area contributed by atoms with Crippen LogP contribution < -0.4 is 20.1 Å². The van der Waals surface area contributed by atoms with Gasteiger partial charge in [-0.15, -0.1) is 0 Å². The van der Waals surface area contributed by atoms with Gasteiger partial charge in [-0.2, -0.15) is 0 Å². The van der Waals surface area contributed by atoms with E-state index < -0.39 is 23.9 Å². The second-order valence-electron chi connectivity index (χ2n) is 6.39. The van der Waals surface area contributed by atoms with Crippen molar-refractivity contribution in [3.63, 3.8) is 0 Å². The van der Waals surface area contributed by atoms with Gasteiger partial charge in [-0.1, -0.05) is 30.3 Å². The number of amides is 2. The fourth-order valence-electron chi connectivity index (χ4n) is 2.75. The molecule has 0 bridgehead atoms. The van der Waals surface area contributed by atoms with Crippen LogP contribution in [0.2, 0.25) is 0 Å². The van der Waals surface area contributed by atoms with Crippen LogP contribution in [0.15, 0.2) is 54.1 Å². The number of benzene rings is 2. The first-order valence-corrected chi connectivity index (χ1v) is 9.13. The van der Waals surface area contributed by atoms with Crippen LogP contribution in [0.5, 0.6) is 5.75 Å². The SMILES string of the molecule is Cc1ccccc1N1C(=O)/C(=C\c2ccc(O[C@H](C)C(=O)[O-])cc2)C(=O)NC1=S. The van der Waals surface area contributed by atoms with Crippen molar-refractivity contribution in [2.75, 3.05) is 4.90 Å². The average molecular weight is 409 g/mol. The Labute approximate surface area is 172 Å². The van der Waals surface area contributed by atoms with E-state index in [-0.39, 0.29) is 10.7 Å². The van der Waals surface area contributed by atoms with Crippen molar-refractivity contribution in [1.29, 1.82) is 0 Å². The third-order valence-corrected chi connectivity index (χ3v) is 4.58. The van der Waals surface area contributed by atoms with Crippen LogP contribution in [0, 0.1) is 6.92 Å². The summed E-state index contributed by atoms with van der Waals surface area (Å²) in [5.41, 5.74) is 1.92. The highest BCUT2D eigenvalue weighted by Gasteiger charge is 2.34. The van der Waals surface area contributed by atoms with Crippen LogP contribution in [-0.2, 0) is 14.4 Å². The summed E-state index contributed by atoms with van der Waals surface area (Å²) in [4.78, 5) is 37.4. The lowest BCUT2D eigenvalue weighted by Crippen LogP contribution is -2.54. The zero-order valence-electron chi connectivity index (χ0n) is 15.7. The zero-order chi connectivity index (χ0) is 21.1. The highest BCUT2D eigenvalue weighted by Crippen LogP contribution is 2.25. The van der Waals surface area contributed by atoms with Crippen molar-refractivity contribution in [3.05, 3.63) is 65.2 Å². The molecule has 0 spiro atoms. The maximum absolute atomic E-state index is 13.0. The van der Waals surface area contributed by atoms with Crippen molar-refractivity contribution >= 4 is 46.9 Å². The first kappa shape index (κ1) is 20.2. The summed E-state index contributed by atoms with van der Waals surface area (Å²) >= 11 is 5.19. The van der Waals surface area contributed by atoms with Crippen LogP contribution in [0.1, 0.15) is 18.1 Å². The number of carbonyl (C=O) groups is 3. The molecule has 29 heavy (non-hydrogen) atoms. The molecule has 0 saturated carbocycles. The van der Waals surface area contributed by atoms with Gasteiger partial charge in [0.15, 0.2) is 5.11 Å². The number of anilines is 1. The van der Waals surface area contributed by atoms with E-state index in [1.807, 2.05) is 19.1 Å². The Hall–Kier alpha value is -3.52. The van der Waals surface area contributed by atoms with Gasteiger partial charge in [0.25, 0.3) is 11.8 Å². The second-order valence-corrected chi connectivity index (χ2v) is 6.78. The summed E-state index contributed by atoms with van der Waals surface area (Å²) in [6, 6.07) is 13.5. The third-order valence-electron chi connectivity index (χ3n) is 4.29. The number of para-hydroxylation sites is 1. The van der Waals surface area contributed by atoms with Gasteiger partial charge in [0.05, 0.1) is 11.7 Å². The van der Waals surface area contributed by atoms with Crippen molar-refractivity contribution in [1.82, 2.24) is 5.32 Å². The Balaban J connectivity index is 1.89. The Morgan fingerprint density at radius 2 is 1.83 bits per heavy atom. The monoisotopic (exact) mass is 409 g/mol. The van der Waals surface area contributed by atoms with E-state index in [0.29, 0.717) is 17.0 Å². The molecule has 8 heteroatoms. The van der Waals surface area contributed by atoms with Crippen molar-refractivity contribution in [2.45, 2.75) is 20.0 Å². The number of rotatable bonds is 5. The molecule has 1 N–H and O–H groups in total. The molecule has 1 aliphatic rings. The number of carboxylic acids is 1. The molecule has 1 atom stereocenters. The van der Waals surface area contributed by atoms with Crippen LogP contribution in [-0.4, -0.2) is 29.0 Å². The number of carboxylic acid groups (broad SMARTS) is 1. The molecular weight excluding hydrogens is 392 g/mol. The lowest BCUT2D eigenvalue weighted by Gasteiger charge is -2.30. The first-order chi connectivity index (χ1) is 13.8. The number of thiocarbonyl (C=S) groups is 1. The van der Waals surface area contributed by atoms with Gasteiger partial charge in [-0.25, -0.2) is 0 Å². The fourth-order valence-corrected chi connectivity index (χ4v) is 3.03. The van der Waals surface area contributed by atoms with Crippen molar-refractivity contribution < 1.29 is 24.2 Å². The standard InChI is InChI=1S/C21H18N2O5S/c1-12-5-3-4-6-17(12)23-19(25)16(18(24)22-21(23)29)11-14-7-9-15(10-8-14)28-13(2)20(26)27/h3-11,13H,1-2H3,(H,26,27)(H,22,24,29)/p-1/b16-11-/t13-/m1/s1. The molecule has 1 aliphatic heterocycles. The number of nitrogens with one attached hydrogen (secondary N) is 1. The summed E-state index contributed by atoms with van der Waals surface area (Å²) in [5, 5.41) is 13.3. The van der Waals surface area contributed by atoms with E-state index >= 15 is 0 Å². The van der Waals surface area contributed by atoms with Gasteiger partial charge in [-0.05, 0) is 61.5 Å². The zero-order valence-corrected chi connectivity index (χ0v) is 16.5. The van der Waals surface area contributed by atoms with E-state index in [1.165, 1.54) is 17.9 Å². The van der Waals surface area contributed by atoms with Crippen LogP contribution >= 0.6 is 12.2 Å². The summed E-state index contributed by atoms with van der Waals surface area (Å²) in [6.45, 7) is 3.21. The third kappa shape index (κ3) is 4.33. The van der Waals surface area contributed by atoms with Gasteiger partial charge in [-0.3, -0.25) is 19.8 Å². The lowest BCUT2D eigenvalue weighted by molar-refractivity contribution is -0.312. The molecule has 148 valence electrons. The Bertz CT molecular complexity index is 1030. The van der Waals surface area contributed by atoms with Crippen LogP contribution in [0.25, 0.3) is 6.08 Å². The maximum atomic E-state index is 13.0. The molecule has 3 rings (SSSR count). The number of ether oxygens (including phenoxy) is 1. The summed E-state index contributed by atoms with van der Waals surface area (Å²) in [7, 11) is 0. The largest absolute Gasteiger partial charge is 0.546 e. The molecule has 2 amide bonds. The van der Waals surface area contributed by atoms with Gasteiger partial charge >= 0.3 is 0 Å². The lowest BCUT2D eigenvalue weighted by atomic mass is 10.1. The highest BCUT2D eigenvalue weighted by atomic mass is 32.1. The van der Waals surface area contributed by atoms with E-state index in [4.69, 9.17) is 17.0 Å². The van der Waals surface area contributed by atoms with Crippen molar-refractivity contribution in [3.8, 4) is 5.75 Å². The van der Waals surface area contributed by atoms with Gasteiger partial charge in [0.2, 0.25) is 0 Å². The van der Waals surface area contributed by atoms with Gasteiger partial charge in [0, 0.05) is 0 Å². The number of nitrogens with zero attached hydrogens (tertiary/aromatic N) is 1. The Kier molecular flexibility index (Phi) is 5.74. The van der Waals surface area contributed by atoms with E-state index in [1.54, 1.807) is 36.4 Å². The van der Waals surface area contributed by atoms with E-state index in [9.17, 15) is 19.5 Å². The number of aliphatic carboxylic acids is 1. The summed E-state index contributed by atoms with van der Waals surface area (Å²) < 4.78 is 5.21. The molecule has 1 saturated heterocycles. The van der Waals surface area contributed by atoms with Gasteiger partial charge in [0.1, 0.15) is 17.4 Å². The predicted molar refractivity (Wildman–Crippen MR) is 109 cm³/mol. The first-order valence-electron chi connectivity index (χ1n) is 8.72. The highest BCUT2D eigenvalue weighted by molar-refractivity contribution is 7.80. The fraction of sp³-hybridized carbons (Fsp3) is 0.143. The Morgan fingerprint density at radius 3 is 2.45 bits per heavy atom. The molecule has 0 aromatic heterocycles.